The van der Waals surface area contributed by atoms with Gasteiger partial charge in [-0.15, -0.1) is 5.10 Å². The van der Waals surface area contributed by atoms with Gasteiger partial charge in [0.25, 0.3) is 0 Å². The van der Waals surface area contributed by atoms with Gasteiger partial charge in [0.2, 0.25) is 11.7 Å². The van der Waals surface area contributed by atoms with Crippen LogP contribution in [0.3, 0.4) is 0 Å². The number of ketones is 1. The van der Waals surface area contributed by atoms with Gasteiger partial charge in [-0.1, -0.05) is 0 Å². The molecule has 0 spiro atoms. The van der Waals surface area contributed by atoms with Crippen LogP contribution in [0, 0.1) is 0 Å². The Bertz CT molecular complexity index is 657. The van der Waals surface area contributed by atoms with E-state index < -0.39 is 0 Å². The SMILES string of the molecule is CCn1cc(C(=O)c2cn(C)nc2Br)c(OC2CC2)n1. The van der Waals surface area contributed by atoms with Crippen LogP contribution in [0.15, 0.2) is 17.0 Å². The summed E-state index contributed by atoms with van der Waals surface area (Å²) in [7, 11) is 1.78. The summed E-state index contributed by atoms with van der Waals surface area (Å²) in [5.74, 6) is 0.301. The van der Waals surface area contributed by atoms with Crippen molar-refractivity contribution in [1.29, 1.82) is 0 Å². The van der Waals surface area contributed by atoms with Crippen molar-refractivity contribution in [1.82, 2.24) is 19.6 Å². The van der Waals surface area contributed by atoms with E-state index in [-0.39, 0.29) is 11.9 Å². The summed E-state index contributed by atoms with van der Waals surface area (Å²) in [6, 6.07) is 0. The van der Waals surface area contributed by atoms with Gasteiger partial charge >= 0.3 is 0 Å². The van der Waals surface area contributed by atoms with Crippen molar-refractivity contribution < 1.29 is 9.53 Å². The second-order valence-electron chi connectivity index (χ2n) is 4.86. The van der Waals surface area contributed by atoms with Crippen LogP contribution >= 0.6 is 15.9 Å². The molecule has 0 unspecified atom stereocenters. The van der Waals surface area contributed by atoms with Crippen molar-refractivity contribution in [2.45, 2.75) is 32.4 Å². The van der Waals surface area contributed by atoms with Crippen molar-refractivity contribution >= 4 is 21.7 Å². The highest BCUT2D eigenvalue weighted by Gasteiger charge is 2.29. The van der Waals surface area contributed by atoms with E-state index in [1.165, 1.54) is 0 Å². The number of carbonyl (C=O) groups excluding carboxylic acids is 1. The van der Waals surface area contributed by atoms with Crippen LogP contribution in [-0.2, 0) is 13.6 Å². The first-order valence-corrected chi connectivity index (χ1v) is 7.35. The molecule has 2 heterocycles. The Morgan fingerprint density at radius 3 is 2.70 bits per heavy atom. The summed E-state index contributed by atoms with van der Waals surface area (Å²) in [6.07, 6.45) is 5.70. The second-order valence-corrected chi connectivity index (χ2v) is 5.61. The third-order valence-electron chi connectivity index (χ3n) is 3.13. The van der Waals surface area contributed by atoms with Crippen LogP contribution < -0.4 is 4.74 Å². The maximum absolute atomic E-state index is 12.6. The molecule has 0 radical (unpaired) electrons. The van der Waals surface area contributed by atoms with Gasteiger partial charge in [-0.3, -0.25) is 14.2 Å². The minimum Gasteiger partial charge on any atom is -0.473 e. The maximum Gasteiger partial charge on any atom is 0.244 e. The molecule has 1 aliphatic carbocycles. The molecule has 7 heteroatoms. The van der Waals surface area contributed by atoms with Gasteiger partial charge < -0.3 is 4.74 Å². The molecule has 0 atom stereocenters. The van der Waals surface area contributed by atoms with E-state index >= 15 is 0 Å². The fourth-order valence-corrected chi connectivity index (χ4v) is 2.44. The summed E-state index contributed by atoms with van der Waals surface area (Å²) in [5.41, 5.74) is 1.01. The van der Waals surface area contributed by atoms with Crippen molar-refractivity contribution in [3.05, 3.63) is 28.1 Å². The van der Waals surface area contributed by atoms with Gasteiger partial charge in [0.15, 0.2) is 0 Å². The molecule has 6 nitrogen and oxygen atoms in total. The van der Waals surface area contributed by atoms with Gasteiger partial charge in [0.1, 0.15) is 16.3 Å². The molecule has 1 aliphatic rings. The largest absolute Gasteiger partial charge is 0.473 e. The van der Waals surface area contributed by atoms with Gasteiger partial charge in [0.05, 0.1) is 5.56 Å². The average Bonchev–Trinajstić information content (AvgIpc) is 3.02. The number of hydrogen-bond donors (Lipinski definition) is 0. The molecule has 0 aliphatic heterocycles. The molecule has 3 rings (SSSR count). The van der Waals surface area contributed by atoms with Crippen LogP contribution in [0.25, 0.3) is 0 Å². The third-order valence-corrected chi connectivity index (χ3v) is 3.71. The van der Waals surface area contributed by atoms with Crippen molar-refractivity contribution in [3.63, 3.8) is 0 Å². The van der Waals surface area contributed by atoms with E-state index in [4.69, 9.17) is 4.74 Å². The van der Waals surface area contributed by atoms with E-state index in [2.05, 4.69) is 26.1 Å². The highest BCUT2D eigenvalue weighted by Crippen LogP contribution is 2.30. The van der Waals surface area contributed by atoms with E-state index in [0.29, 0.717) is 28.2 Å². The number of ether oxygens (including phenoxy) is 1. The normalized spacial score (nSPS) is 14.6. The number of aryl methyl sites for hydroxylation is 2. The molecule has 0 bridgehead atoms. The van der Waals surface area contributed by atoms with E-state index in [1.807, 2.05) is 6.92 Å². The summed E-state index contributed by atoms with van der Waals surface area (Å²) < 4.78 is 9.58. The Hall–Kier alpha value is -1.63. The van der Waals surface area contributed by atoms with Crippen LogP contribution in [-0.4, -0.2) is 31.4 Å². The first kappa shape index (κ1) is 13.4. The number of nitrogens with zero attached hydrogens (tertiary/aromatic N) is 4. The summed E-state index contributed by atoms with van der Waals surface area (Å²) in [6.45, 7) is 2.67. The monoisotopic (exact) mass is 338 g/mol. The fraction of sp³-hybridized carbons (Fsp3) is 0.462. The van der Waals surface area contributed by atoms with Crippen LogP contribution in [0.4, 0.5) is 0 Å². The zero-order valence-electron chi connectivity index (χ0n) is 11.3. The zero-order valence-corrected chi connectivity index (χ0v) is 12.9. The Labute approximate surface area is 124 Å². The first-order chi connectivity index (χ1) is 9.58. The smallest absolute Gasteiger partial charge is 0.244 e. The molecule has 2 aromatic rings. The van der Waals surface area contributed by atoms with Gasteiger partial charge in [-0.25, -0.2) is 0 Å². The molecule has 106 valence electrons. The Balaban J connectivity index is 1.96. The second kappa shape index (κ2) is 5.05. The predicted octanol–water partition coefficient (Wildman–Crippen LogP) is 2.17. The van der Waals surface area contributed by atoms with Crippen molar-refractivity contribution in [2.75, 3.05) is 0 Å². The number of aromatic nitrogens is 4. The van der Waals surface area contributed by atoms with Gasteiger partial charge in [0, 0.05) is 26.0 Å². The number of carbonyl (C=O) groups is 1. The molecule has 0 aromatic carbocycles. The Morgan fingerprint density at radius 2 is 2.15 bits per heavy atom. The zero-order chi connectivity index (χ0) is 14.3. The number of halogens is 1. The fourth-order valence-electron chi connectivity index (χ4n) is 1.91. The average molecular weight is 339 g/mol. The van der Waals surface area contributed by atoms with E-state index in [0.717, 1.165) is 12.8 Å². The van der Waals surface area contributed by atoms with Crippen molar-refractivity contribution in [3.8, 4) is 5.88 Å². The number of rotatable bonds is 5. The molecule has 20 heavy (non-hydrogen) atoms. The molecular weight excluding hydrogens is 324 g/mol. The van der Waals surface area contributed by atoms with Crippen LogP contribution in [0.1, 0.15) is 35.7 Å². The van der Waals surface area contributed by atoms with Crippen molar-refractivity contribution in [2.24, 2.45) is 7.05 Å². The minimum absolute atomic E-state index is 0.125. The molecule has 2 aromatic heterocycles. The molecular formula is C13H15BrN4O2. The van der Waals surface area contributed by atoms with Gasteiger partial charge in [-0.05, 0) is 35.7 Å². The third kappa shape index (κ3) is 2.49. The van der Waals surface area contributed by atoms with E-state index in [9.17, 15) is 4.79 Å². The lowest BCUT2D eigenvalue weighted by Gasteiger charge is -2.02. The molecule has 0 amide bonds. The Morgan fingerprint density at radius 1 is 1.40 bits per heavy atom. The van der Waals surface area contributed by atoms with Gasteiger partial charge in [-0.2, -0.15) is 5.10 Å². The minimum atomic E-state index is -0.125. The quantitative estimate of drug-likeness (QED) is 0.784. The number of hydrogen-bond acceptors (Lipinski definition) is 4. The van der Waals surface area contributed by atoms with Crippen LogP contribution in [0.2, 0.25) is 0 Å². The maximum atomic E-state index is 12.6. The molecule has 0 N–H and O–H groups in total. The lowest BCUT2D eigenvalue weighted by Crippen LogP contribution is -2.05. The molecule has 1 fully saturated rings. The summed E-state index contributed by atoms with van der Waals surface area (Å²) in [5, 5.41) is 8.46. The molecule has 0 saturated heterocycles. The van der Waals surface area contributed by atoms with Crippen LogP contribution in [0.5, 0.6) is 5.88 Å². The topological polar surface area (TPSA) is 61.9 Å². The first-order valence-electron chi connectivity index (χ1n) is 6.56. The predicted molar refractivity (Wildman–Crippen MR) is 75.9 cm³/mol. The van der Waals surface area contributed by atoms with E-state index in [1.54, 1.807) is 28.8 Å². The Kier molecular flexibility index (Phi) is 3.37. The molecule has 1 saturated carbocycles. The summed E-state index contributed by atoms with van der Waals surface area (Å²) >= 11 is 3.31. The standard InChI is InChI=1S/C13H15BrN4O2/c1-3-18-7-10(13(16-18)20-8-4-5-8)11(19)9-6-17(2)15-12(9)14/h6-8H,3-5H2,1-2H3. The lowest BCUT2D eigenvalue weighted by molar-refractivity contribution is 0.103. The summed E-state index contributed by atoms with van der Waals surface area (Å²) in [4.78, 5) is 12.6. The highest BCUT2D eigenvalue weighted by molar-refractivity contribution is 9.10. The lowest BCUT2D eigenvalue weighted by atomic mass is 10.1. The highest BCUT2D eigenvalue weighted by atomic mass is 79.9.